The van der Waals surface area contributed by atoms with Crippen LogP contribution in [0.4, 0.5) is 0 Å². The van der Waals surface area contributed by atoms with Crippen LogP contribution in [0, 0.1) is 5.92 Å². The third-order valence-electron chi connectivity index (χ3n) is 5.65. The van der Waals surface area contributed by atoms with Gasteiger partial charge in [-0.05, 0) is 42.6 Å². The molecule has 154 valence electrons. The van der Waals surface area contributed by atoms with Gasteiger partial charge in [-0.25, -0.2) is 0 Å². The second-order valence-corrected chi connectivity index (χ2v) is 9.94. The molecule has 2 aliphatic carbocycles. The van der Waals surface area contributed by atoms with Crippen molar-refractivity contribution in [3.8, 4) is 0 Å². The van der Waals surface area contributed by atoms with Gasteiger partial charge in [-0.3, -0.25) is 0 Å². The highest BCUT2D eigenvalue weighted by molar-refractivity contribution is 7.77. The van der Waals surface area contributed by atoms with Gasteiger partial charge >= 0.3 is 0 Å². The summed E-state index contributed by atoms with van der Waals surface area (Å²) < 4.78 is 5.62. The molecule has 0 heterocycles. The summed E-state index contributed by atoms with van der Waals surface area (Å²) in [5.41, 5.74) is 0.680. The lowest BCUT2D eigenvalue weighted by molar-refractivity contribution is -0.356. The van der Waals surface area contributed by atoms with Crippen molar-refractivity contribution < 1.29 is 9.84 Å². The van der Waals surface area contributed by atoms with Gasteiger partial charge in [0.25, 0.3) is 0 Å². The van der Waals surface area contributed by atoms with E-state index in [4.69, 9.17) is 4.74 Å². The van der Waals surface area contributed by atoms with Gasteiger partial charge in [0.1, 0.15) is 0 Å². The first kappa shape index (κ1) is 20.7. The second-order valence-electron chi connectivity index (χ2n) is 7.76. The van der Waals surface area contributed by atoms with Crippen LogP contribution in [0.3, 0.4) is 0 Å². The van der Waals surface area contributed by atoms with Crippen LogP contribution >= 0.6 is 7.92 Å². The van der Waals surface area contributed by atoms with Crippen molar-refractivity contribution in [1.82, 2.24) is 0 Å². The molecule has 0 spiro atoms. The Morgan fingerprint density at radius 1 is 0.933 bits per heavy atom. The molecular weight excluding hydrogens is 387 g/mol. The van der Waals surface area contributed by atoms with Crippen molar-refractivity contribution in [3.63, 3.8) is 0 Å². The molecule has 1 saturated carbocycles. The van der Waals surface area contributed by atoms with Crippen LogP contribution in [0.1, 0.15) is 32.1 Å². The van der Waals surface area contributed by atoms with Gasteiger partial charge < -0.3 is 9.84 Å². The molecule has 2 aliphatic rings. The van der Waals surface area contributed by atoms with Gasteiger partial charge in [0.05, 0.1) is 5.95 Å². The summed E-state index contributed by atoms with van der Waals surface area (Å²) >= 11 is 0. The summed E-state index contributed by atoms with van der Waals surface area (Å²) in [5.74, 6) is 0.415. The minimum absolute atomic E-state index is 0.234. The average molecular weight is 415 g/mol. The van der Waals surface area contributed by atoms with Crippen LogP contribution in [0.15, 0.2) is 108 Å². The summed E-state index contributed by atoms with van der Waals surface area (Å²) in [4.78, 5) is 0. The standard InChI is InChI=1S/C27H29O2P/c28-27(29-21-11-14-22-12-4-1-5-13-22)25-19-10-20-26(25)30(23-15-6-2-7-16-23)24-17-8-3-9-18-24/h2-3,6-11,14-20,22,28H,1,4-5,12-13,21H2/p-1/b14-11-,27-25-. The van der Waals surface area contributed by atoms with Crippen molar-refractivity contribution >= 4 is 18.5 Å². The number of rotatable bonds is 7. The van der Waals surface area contributed by atoms with Gasteiger partial charge in [0.2, 0.25) is 0 Å². The van der Waals surface area contributed by atoms with E-state index in [1.807, 2.05) is 30.4 Å². The predicted molar refractivity (Wildman–Crippen MR) is 125 cm³/mol. The van der Waals surface area contributed by atoms with E-state index in [-0.39, 0.29) is 5.95 Å². The van der Waals surface area contributed by atoms with Crippen molar-refractivity contribution in [2.75, 3.05) is 6.61 Å². The summed E-state index contributed by atoms with van der Waals surface area (Å²) in [6.07, 6.45) is 16.7. The van der Waals surface area contributed by atoms with Gasteiger partial charge in [-0.1, -0.05) is 110 Å². The molecule has 0 atom stereocenters. The van der Waals surface area contributed by atoms with E-state index in [2.05, 4.69) is 60.7 Å². The number of hydrogen-bond donors (Lipinski definition) is 0. The molecule has 0 amide bonds. The molecule has 4 rings (SSSR count). The summed E-state index contributed by atoms with van der Waals surface area (Å²) in [7, 11) is -0.810. The molecule has 30 heavy (non-hydrogen) atoms. The van der Waals surface area contributed by atoms with E-state index in [1.165, 1.54) is 42.7 Å². The molecule has 0 aromatic heterocycles. The van der Waals surface area contributed by atoms with Crippen LogP contribution in [0.5, 0.6) is 0 Å². The molecule has 0 aliphatic heterocycles. The monoisotopic (exact) mass is 415 g/mol. The molecular formula is C27H28O2P-. The first-order valence-electron chi connectivity index (χ1n) is 10.8. The Bertz CT molecular complexity index is 896. The lowest BCUT2D eigenvalue weighted by Crippen LogP contribution is -2.16. The molecule has 0 bridgehead atoms. The van der Waals surface area contributed by atoms with Crippen LogP contribution < -0.4 is 15.7 Å². The van der Waals surface area contributed by atoms with E-state index in [0.717, 1.165) is 5.31 Å². The SMILES string of the molecule is [O-]/C(OC/C=C\C1CCCCC1)=C1\C=CC=C1P(c1ccccc1)c1ccccc1. The first-order chi connectivity index (χ1) is 14.8. The minimum Gasteiger partial charge on any atom is -0.609 e. The first-order valence-corrected chi connectivity index (χ1v) is 12.2. The maximum absolute atomic E-state index is 12.9. The number of hydrogen-bond acceptors (Lipinski definition) is 2. The lowest BCUT2D eigenvalue weighted by atomic mass is 9.89. The quantitative estimate of drug-likeness (QED) is 0.349. The van der Waals surface area contributed by atoms with E-state index < -0.39 is 7.92 Å². The van der Waals surface area contributed by atoms with Crippen molar-refractivity contribution in [3.05, 3.63) is 108 Å². The summed E-state index contributed by atoms with van der Waals surface area (Å²) in [6, 6.07) is 20.9. The number of ether oxygens (including phenoxy) is 1. The molecule has 0 N–H and O–H groups in total. The largest absolute Gasteiger partial charge is 0.609 e. The topological polar surface area (TPSA) is 32.3 Å². The maximum atomic E-state index is 12.9. The third-order valence-corrected chi connectivity index (χ3v) is 8.15. The van der Waals surface area contributed by atoms with Crippen LogP contribution in [-0.2, 0) is 4.74 Å². The molecule has 2 nitrogen and oxygen atoms in total. The molecule has 0 unspecified atom stereocenters. The van der Waals surface area contributed by atoms with E-state index in [9.17, 15) is 5.11 Å². The van der Waals surface area contributed by atoms with Crippen molar-refractivity contribution in [2.24, 2.45) is 5.92 Å². The summed E-state index contributed by atoms with van der Waals surface area (Å²) in [6.45, 7) is 0.342. The van der Waals surface area contributed by atoms with E-state index in [0.29, 0.717) is 18.1 Å². The molecule has 0 radical (unpaired) electrons. The Morgan fingerprint density at radius 2 is 1.57 bits per heavy atom. The third kappa shape index (κ3) is 5.12. The zero-order chi connectivity index (χ0) is 20.6. The number of benzene rings is 2. The normalized spacial score (nSPS) is 18.8. The van der Waals surface area contributed by atoms with Crippen LogP contribution in [0.2, 0.25) is 0 Å². The van der Waals surface area contributed by atoms with E-state index >= 15 is 0 Å². The highest BCUT2D eigenvalue weighted by Crippen LogP contribution is 2.49. The highest BCUT2D eigenvalue weighted by atomic mass is 31.1. The smallest absolute Gasteiger partial charge is 0.0596 e. The van der Waals surface area contributed by atoms with Crippen molar-refractivity contribution in [2.45, 2.75) is 32.1 Å². The zero-order valence-corrected chi connectivity index (χ0v) is 18.1. The average Bonchev–Trinajstić information content (AvgIpc) is 3.28. The van der Waals surface area contributed by atoms with Gasteiger partial charge in [0.15, 0.2) is 0 Å². The Labute approximate surface area is 181 Å². The fourth-order valence-corrected chi connectivity index (χ4v) is 6.57. The van der Waals surface area contributed by atoms with E-state index in [1.54, 1.807) is 0 Å². The predicted octanol–water partition coefficient (Wildman–Crippen LogP) is 5.30. The Kier molecular flexibility index (Phi) is 7.21. The van der Waals surface area contributed by atoms with Crippen LogP contribution in [0.25, 0.3) is 0 Å². The highest BCUT2D eigenvalue weighted by Gasteiger charge is 2.23. The molecule has 2 aromatic rings. The van der Waals surface area contributed by atoms with Gasteiger partial charge in [0, 0.05) is 12.2 Å². The fraction of sp³-hybridized carbons (Fsp3) is 0.259. The van der Waals surface area contributed by atoms with Crippen LogP contribution in [-0.4, -0.2) is 6.61 Å². The van der Waals surface area contributed by atoms with Gasteiger partial charge in [-0.15, -0.1) is 0 Å². The maximum Gasteiger partial charge on any atom is 0.0596 e. The Balaban J connectivity index is 1.52. The Hall–Kier alpha value is -2.57. The molecule has 2 aromatic carbocycles. The molecule has 0 saturated heterocycles. The lowest BCUT2D eigenvalue weighted by Gasteiger charge is -2.25. The molecule has 3 heteroatoms. The second kappa shape index (κ2) is 10.5. The van der Waals surface area contributed by atoms with Crippen molar-refractivity contribution in [1.29, 1.82) is 0 Å². The Morgan fingerprint density at radius 3 is 2.20 bits per heavy atom. The summed E-state index contributed by atoms with van der Waals surface area (Å²) in [5, 5.41) is 16.4. The fourth-order valence-electron chi connectivity index (χ4n) is 4.14. The zero-order valence-electron chi connectivity index (χ0n) is 17.2. The van der Waals surface area contributed by atoms with Gasteiger partial charge in [-0.2, -0.15) is 0 Å². The number of allylic oxidation sites excluding steroid dienone is 6. The minimum atomic E-state index is -0.810. The molecule has 1 fully saturated rings.